The summed E-state index contributed by atoms with van der Waals surface area (Å²) in [6.45, 7) is 1.99. The van der Waals surface area contributed by atoms with Crippen molar-refractivity contribution in [1.29, 1.82) is 0 Å². The molecule has 47 heavy (non-hydrogen) atoms. The maximum absolute atomic E-state index is 6.72. The zero-order valence-corrected chi connectivity index (χ0v) is 27.3. The summed E-state index contributed by atoms with van der Waals surface area (Å²) < 4.78 is 19.5. The molecule has 0 amide bonds. The minimum atomic E-state index is 0. The topological polar surface area (TPSA) is 58.1 Å². The molecule has 0 bridgehead atoms. The van der Waals surface area contributed by atoms with Crippen LogP contribution in [0.15, 0.2) is 137 Å². The SMILES string of the molecule is CN1C=CN(c2[c-]c(Oc3[c-]c(N(c4ccccc4)c4ccccn4)c4c(c3)oc3ccccc34)c3oc4ccccc4c3c2)[CH-]1.[Pt]. The van der Waals surface area contributed by atoms with Crippen molar-refractivity contribution in [2.45, 2.75) is 0 Å². The molecular formula is C39H25N4O3Pt-3. The van der Waals surface area contributed by atoms with Gasteiger partial charge in [0, 0.05) is 49.7 Å². The summed E-state index contributed by atoms with van der Waals surface area (Å²) in [5, 5.41) is 3.81. The van der Waals surface area contributed by atoms with Gasteiger partial charge in [-0.15, -0.1) is 23.9 Å². The van der Waals surface area contributed by atoms with E-state index >= 15 is 0 Å². The first-order valence-electron chi connectivity index (χ1n) is 14.9. The van der Waals surface area contributed by atoms with Crippen LogP contribution in [0.3, 0.4) is 0 Å². The average molecular weight is 793 g/mol. The number of anilines is 4. The number of furan rings is 2. The van der Waals surface area contributed by atoms with E-state index in [-0.39, 0.29) is 21.1 Å². The van der Waals surface area contributed by atoms with Crippen LogP contribution < -0.4 is 14.5 Å². The van der Waals surface area contributed by atoms with Crippen LogP contribution in [-0.2, 0) is 21.1 Å². The predicted octanol–water partition coefficient (Wildman–Crippen LogP) is 10.1. The van der Waals surface area contributed by atoms with E-state index in [1.165, 1.54) is 0 Å². The van der Waals surface area contributed by atoms with Crippen molar-refractivity contribution in [1.82, 2.24) is 9.88 Å². The van der Waals surface area contributed by atoms with E-state index < -0.39 is 0 Å². The molecule has 0 unspecified atom stereocenters. The molecule has 8 aromatic rings. The maximum Gasteiger partial charge on any atom is 0.135 e. The Labute approximate surface area is 285 Å². The Morgan fingerprint density at radius 3 is 2.26 bits per heavy atom. The Kier molecular flexibility index (Phi) is 7.19. The van der Waals surface area contributed by atoms with Gasteiger partial charge in [-0.3, -0.25) is 0 Å². The third-order valence-corrected chi connectivity index (χ3v) is 8.10. The fraction of sp³-hybridized carbons (Fsp3) is 0.0256. The molecule has 9 rings (SSSR count). The molecular weight excluding hydrogens is 768 g/mol. The second kappa shape index (κ2) is 11.7. The molecule has 0 spiro atoms. The molecule has 0 N–H and O–H groups in total. The monoisotopic (exact) mass is 792 g/mol. The van der Waals surface area contributed by atoms with Crippen LogP contribution in [0, 0.1) is 18.8 Å². The first kappa shape index (κ1) is 28.9. The number of pyridine rings is 1. The van der Waals surface area contributed by atoms with Crippen LogP contribution in [0.1, 0.15) is 0 Å². The normalized spacial score (nSPS) is 12.8. The van der Waals surface area contributed by atoms with Gasteiger partial charge in [0.2, 0.25) is 0 Å². The molecule has 0 radical (unpaired) electrons. The summed E-state index contributed by atoms with van der Waals surface area (Å²) in [5.41, 5.74) is 5.30. The fourth-order valence-electron chi connectivity index (χ4n) is 6.04. The minimum absolute atomic E-state index is 0. The van der Waals surface area contributed by atoms with Gasteiger partial charge in [-0.2, -0.15) is 6.67 Å². The van der Waals surface area contributed by atoms with Gasteiger partial charge in [-0.25, -0.2) is 4.98 Å². The van der Waals surface area contributed by atoms with Gasteiger partial charge in [0.1, 0.15) is 17.0 Å². The van der Waals surface area contributed by atoms with Crippen molar-refractivity contribution in [3.8, 4) is 11.5 Å². The standard InChI is InChI=1S/C39H25N4O3.Pt/c1-41-19-20-42(25-41)27-21-31-29-13-5-7-15-33(29)46-39(31)36(22-27)44-28-23-32(38-30-14-6-8-16-34(30)45-35(38)24-28)43(26-11-3-2-4-12-26)37-17-9-10-18-40-37;/h2-21,24-25H,1H3;/q-3;. The molecule has 5 aromatic carbocycles. The Balaban J connectivity index is 0.00000324. The molecule has 1 aliphatic heterocycles. The van der Waals surface area contributed by atoms with E-state index in [4.69, 9.17) is 18.6 Å². The molecule has 7 nitrogen and oxygen atoms in total. The van der Waals surface area contributed by atoms with Gasteiger partial charge in [0.25, 0.3) is 0 Å². The molecule has 0 saturated heterocycles. The van der Waals surface area contributed by atoms with Crippen molar-refractivity contribution < 1.29 is 34.6 Å². The van der Waals surface area contributed by atoms with E-state index in [1.807, 2.05) is 115 Å². The third-order valence-electron chi connectivity index (χ3n) is 8.10. The van der Waals surface area contributed by atoms with Crippen LogP contribution in [0.25, 0.3) is 43.9 Å². The summed E-state index contributed by atoms with van der Waals surface area (Å²) in [5.74, 6) is 1.64. The van der Waals surface area contributed by atoms with Gasteiger partial charge < -0.3 is 28.3 Å². The van der Waals surface area contributed by atoms with Crippen molar-refractivity contribution in [3.05, 3.63) is 147 Å². The van der Waals surface area contributed by atoms with Crippen LogP contribution in [0.5, 0.6) is 11.5 Å². The van der Waals surface area contributed by atoms with Gasteiger partial charge in [-0.05, 0) is 61.2 Å². The van der Waals surface area contributed by atoms with Gasteiger partial charge in [0.05, 0.1) is 11.3 Å². The van der Waals surface area contributed by atoms with Crippen LogP contribution in [0.2, 0.25) is 0 Å². The number of fused-ring (bicyclic) bond motifs is 6. The number of benzene rings is 5. The summed E-state index contributed by atoms with van der Waals surface area (Å²) in [4.78, 5) is 10.8. The van der Waals surface area contributed by atoms with Crippen LogP contribution >= 0.6 is 0 Å². The van der Waals surface area contributed by atoms with E-state index in [2.05, 4.69) is 47.4 Å². The van der Waals surface area contributed by atoms with Gasteiger partial charge >= 0.3 is 0 Å². The first-order chi connectivity index (χ1) is 22.7. The molecule has 4 heterocycles. The molecule has 0 atom stereocenters. The number of ether oxygens (including phenoxy) is 1. The average Bonchev–Trinajstić information content (AvgIpc) is 3.81. The number of nitrogens with zero attached hydrogens (tertiary/aromatic N) is 4. The Bertz CT molecular complexity index is 2380. The number of aromatic nitrogens is 1. The third kappa shape index (κ3) is 5.00. The second-order valence-corrected chi connectivity index (χ2v) is 11.1. The Morgan fingerprint density at radius 2 is 1.49 bits per heavy atom. The van der Waals surface area contributed by atoms with Crippen LogP contribution in [0.4, 0.5) is 22.9 Å². The fourth-order valence-corrected chi connectivity index (χ4v) is 6.04. The number of hydrogen-bond donors (Lipinski definition) is 0. The van der Waals surface area contributed by atoms with Gasteiger partial charge in [0.15, 0.2) is 0 Å². The summed E-state index contributed by atoms with van der Waals surface area (Å²) >= 11 is 0. The second-order valence-electron chi connectivity index (χ2n) is 11.1. The van der Waals surface area contributed by atoms with Gasteiger partial charge in [-0.1, -0.05) is 83.2 Å². The molecule has 232 valence electrons. The zero-order valence-electron chi connectivity index (χ0n) is 25.0. The van der Waals surface area contributed by atoms with E-state index in [0.29, 0.717) is 22.7 Å². The minimum Gasteiger partial charge on any atom is -0.512 e. The molecule has 3 aromatic heterocycles. The molecule has 0 fully saturated rings. The number of rotatable bonds is 6. The van der Waals surface area contributed by atoms with Crippen molar-refractivity contribution in [3.63, 3.8) is 0 Å². The molecule has 1 aliphatic rings. The molecule has 8 heteroatoms. The zero-order chi connectivity index (χ0) is 30.6. The largest absolute Gasteiger partial charge is 0.512 e. The Hall–Kier alpha value is -5.52. The van der Waals surface area contributed by atoms with E-state index in [1.54, 1.807) is 6.20 Å². The Morgan fingerprint density at radius 1 is 0.745 bits per heavy atom. The smallest absolute Gasteiger partial charge is 0.135 e. The summed E-state index contributed by atoms with van der Waals surface area (Å²) in [7, 11) is 1.98. The number of para-hydroxylation sites is 3. The van der Waals surface area contributed by atoms with E-state index in [0.717, 1.165) is 55.6 Å². The molecule has 0 saturated carbocycles. The predicted molar refractivity (Wildman–Crippen MR) is 181 cm³/mol. The van der Waals surface area contributed by atoms with E-state index in [9.17, 15) is 0 Å². The summed E-state index contributed by atoms with van der Waals surface area (Å²) in [6, 6.07) is 43.0. The quantitative estimate of drug-likeness (QED) is 0.156. The summed E-state index contributed by atoms with van der Waals surface area (Å²) in [6.07, 6.45) is 5.76. The number of hydrogen-bond acceptors (Lipinski definition) is 7. The maximum atomic E-state index is 6.72. The molecule has 0 aliphatic carbocycles. The van der Waals surface area contributed by atoms with Crippen LogP contribution in [-0.4, -0.2) is 16.9 Å². The van der Waals surface area contributed by atoms with Crippen molar-refractivity contribution in [2.24, 2.45) is 0 Å². The first-order valence-corrected chi connectivity index (χ1v) is 14.9. The van der Waals surface area contributed by atoms with Crippen molar-refractivity contribution >= 4 is 66.8 Å². The van der Waals surface area contributed by atoms with Crippen molar-refractivity contribution in [2.75, 3.05) is 16.8 Å².